The smallest absolute Gasteiger partial charge is 0.255 e. The molecule has 0 radical (unpaired) electrons. The van der Waals surface area contributed by atoms with Crippen molar-refractivity contribution in [1.29, 1.82) is 0 Å². The number of aryl methyl sites for hydroxylation is 1. The fraction of sp³-hybridized carbons (Fsp3) is 0.154. The Labute approximate surface area is 212 Å². The van der Waals surface area contributed by atoms with Gasteiger partial charge in [0.2, 0.25) is 11.1 Å². The third kappa shape index (κ3) is 4.94. The number of hydrogen-bond donors (Lipinski definition) is 2. The van der Waals surface area contributed by atoms with E-state index < -0.39 is 6.04 Å². The van der Waals surface area contributed by atoms with E-state index in [1.165, 1.54) is 11.8 Å². The molecule has 3 heterocycles. The predicted molar refractivity (Wildman–Crippen MR) is 140 cm³/mol. The number of amides is 1. The molecule has 1 aliphatic rings. The molecule has 2 N–H and O–H groups in total. The summed E-state index contributed by atoms with van der Waals surface area (Å²) in [5, 5.41) is 12.3. The lowest BCUT2D eigenvalue weighted by Crippen LogP contribution is -2.32. The number of aromatic nitrogens is 4. The largest absolute Gasteiger partial charge is 0.328 e. The van der Waals surface area contributed by atoms with Crippen LogP contribution in [0.4, 0.5) is 11.6 Å². The lowest BCUT2D eigenvalue weighted by Gasteiger charge is -2.28. The standard InChI is InChI=1S/C26H23ClN6OS/c1-16-8-7-10-19(14-16)30-24(34)22-17(2)29-25-31-26(35-15-18-9-3-4-11-20(18)27)32-33(25)23(22)21-12-5-6-13-28-21/h3-14,23H,15H2,1-2H3,(H,30,34)(H,29,31,32). The molecular formula is C26H23ClN6OS. The fourth-order valence-electron chi connectivity index (χ4n) is 3.98. The van der Waals surface area contributed by atoms with Crippen LogP contribution in [0.1, 0.15) is 29.8 Å². The van der Waals surface area contributed by atoms with Crippen molar-refractivity contribution in [3.05, 3.63) is 106 Å². The van der Waals surface area contributed by atoms with E-state index >= 15 is 0 Å². The highest BCUT2D eigenvalue weighted by Crippen LogP contribution is 2.36. The molecule has 5 rings (SSSR count). The molecule has 1 aliphatic heterocycles. The maximum absolute atomic E-state index is 13.5. The number of halogens is 1. The zero-order valence-corrected chi connectivity index (χ0v) is 20.8. The van der Waals surface area contributed by atoms with Gasteiger partial charge in [-0.1, -0.05) is 59.8 Å². The molecule has 1 amide bonds. The lowest BCUT2D eigenvalue weighted by molar-refractivity contribution is -0.113. The van der Waals surface area contributed by atoms with Gasteiger partial charge < -0.3 is 10.6 Å². The van der Waals surface area contributed by atoms with Crippen molar-refractivity contribution < 1.29 is 4.79 Å². The number of nitrogens with one attached hydrogen (secondary N) is 2. The number of pyridine rings is 1. The second-order valence-corrected chi connectivity index (χ2v) is 9.54. The Morgan fingerprint density at radius 3 is 2.71 bits per heavy atom. The molecular weight excluding hydrogens is 480 g/mol. The predicted octanol–water partition coefficient (Wildman–Crippen LogP) is 5.85. The minimum absolute atomic E-state index is 0.220. The summed E-state index contributed by atoms with van der Waals surface area (Å²) < 4.78 is 1.73. The van der Waals surface area contributed by atoms with Gasteiger partial charge in [-0.05, 0) is 55.3 Å². The lowest BCUT2D eigenvalue weighted by atomic mass is 9.98. The van der Waals surface area contributed by atoms with Crippen LogP contribution in [0.15, 0.2) is 89.4 Å². The van der Waals surface area contributed by atoms with Crippen LogP contribution in [-0.4, -0.2) is 25.7 Å². The van der Waals surface area contributed by atoms with Crippen LogP contribution in [0.25, 0.3) is 0 Å². The highest BCUT2D eigenvalue weighted by Gasteiger charge is 2.35. The average Bonchev–Trinajstić information content (AvgIpc) is 3.25. The van der Waals surface area contributed by atoms with Gasteiger partial charge in [0.1, 0.15) is 6.04 Å². The van der Waals surface area contributed by atoms with Crippen LogP contribution in [-0.2, 0) is 10.5 Å². The number of rotatable bonds is 6. The second kappa shape index (κ2) is 9.93. The molecule has 0 fully saturated rings. The Bertz CT molecular complexity index is 1420. The highest BCUT2D eigenvalue weighted by atomic mass is 35.5. The van der Waals surface area contributed by atoms with Crippen molar-refractivity contribution in [3.8, 4) is 0 Å². The molecule has 2 aromatic carbocycles. The van der Waals surface area contributed by atoms with E-state index in [-0.39, 0.29) is 5.91 Å². The summed E-state index contributed by atoms with van der Waals surface area (Å²) in [5.41, 5.74) is 4.75. The Hall–Kier alpha value is -3.62. The highest BCUT2D eigenvalue weighted by molar-refractivity contribution is 7.98. The molecule has 0 spiro atoms. The van der Waals surface area contributed by atoms with E-state index in [4.69, 9.17) is 16.7 Å². The first-order valence-electron chi connectivity index (χ1n) is 11.1. The van der Waals surface area contributed by atoms with Gasteiger partial charge in [0.05, 0.1) is 11.3 Å². The first kappa shape index (κ1) is 23.1. The second-order valence-electron chi connectivity index (χ2n) is 8.19. The summed E-state index contributed by atoms with van der Waals surface area (Å²) in [7, 11) is 0. The van der Waals surface area contributed by atoms with E-state index in [1.54, 1.807) is 10.9 Å². The van der Waals surface area contributed by atoms with Crippen LogP contribution in [0.5, 0.6) is 0 Å². The molecule has 176 valence electrons. The van der Waals surface area contributed by atoms with Gasteiger partial charge in [0.25, 0.3) is 5.91 Å². The first-order valence-corrected chi connectivity index (χ1v) is 12.5. The van der Waals surface area contributed by atoms with Gasteiger partial charge in [-0.25, -0.2) is 4.68 Å². The van der Waals surface area contributed by atoms with Gasteiger partial charge in [-0.15, -0.1) is 5.10 Å². The van der Waals surface area contributed by atoms with E-state index in [9.17, 15) is 4.79 Å². The first-order chi connectivity index (χ1) is 17.0. The number of fused-ring (bicyclic) bond motifs is 1. The number of nitrogens with zero attached hydrogens (tertiary/aromatic N) is 4. The molecule has 1 unspecified atom stereocenters. The van der Waals surface area contributed by atoms with Crippen LogP contribution in [0, 0.1) is 6.92 Å². The Kier molecular flexibility index (Phi) is 6.57. The normalized spacial score (nSPS) is 14.9. The van der Waals surface area contributed by atoms with Gasteiger partial charge in [-0.2, -0.15) is 4.98 Å². The number of carbonyl (C=O) groups is 1. The van der Waals surface area contributed by atoms with Crippen molar-refractivity contribution in [2.45, 2.75) is 30.8 Å². The SMILES string of the molecule is CC1=C(C(=O)Nc2cccc(C)c2)C(c2ccccn2)n2nc(SCc3ccccc3Cl)nc2N1. The Balaban J connectivity index is 1.48. The molecule has 7 nitrogen and oxygen atoms in total. The minimum atomic E-state index is -0.528. The van der Waals surface area contributed by atoms with Crippen molar-refractivity contribution >= 4 is 40.9 Å². The van der Waals surface area contributed by atoms with Gasteiger partial charge in [0, 0.05) is 28.4 Å². The topological polar surface area (TPSA) is 84.7 Å². The Morgan fingerprint density at radius 2 is 1.94 bits per heavy atom. The summed E-state index contributed by atoms with van der Waals surface area (Å²) >= 11 is 7.80. The zero-order chi connectivity index (χ0) is 24.4. The molecule has 0 saturated heterocycles. The molecule has 35 heavy (non-hydrogen) atoms. The van der Waals surface area contributed by atoms with Gasteiger partial charge in [-0.3, -0.25) is 9.78 Å². The zero-order valence-electron chi connectivity index (χ0n) is 19.2. The fourth-order valence-corrected chi connectivity index (χ4v) is 5.09. The molecule has 2 aromatic heterocycles. The van der Waals surface area contributed by atoms with Crippen molar-refractivity contribution in [3.63, 3.8) is 0 Å². The van der Waals surface area contributed by atoms with Gasteiger partial charge in [0.15, 0.2) is 0 Å². The summed E-state index contributed by atoms with van der Waals surface area (Å²) in [6.07, 6.45) is 1.71. The number of hydrogen-bond acceptors (Lipinski definition) is 6. The summed E-state index contributed by atoms with van der Waals surface area (Å²) in [6, 6.07) is 20.5. The van der Waals surface area contributed by atoms with Crippen LogP contribution < -0.4 is 10.6 Å². The van der Waals surface area contributed by atoms with Crippen molar-refractivity contribution in [2.24, 2.45) is 0 Å². The van der Waals surface area contributed by atoms with E-state index in [1.807, 2.05) is 80.6 Å². The van der Waals surface area contributed by atoms with Crippen molar-refractivity contribution in [1.82, 2.24) is 19.7 Å². The summed E-state index contributed by atoms with van der Waals surface area (Å²) in [4.78, 5) is 22.7. The van der Waals surface area contributed by atoms with E-state index in [0.29, 0.717) is 38.8 Å². The number of allylic oxidation sites excluding steroid dienone is 1. The number of benzene rings is 2. The maximum Gasteiger partial charge on any atom is 0.255 e. The van der Waals surface area contributed by atoms with Crippen LogP contribution in [0.3, 0.4) is 0 Å². The monoisotopic (exact) mass is 502 g/mol. The third-order valence-electron chi connectivity index (χ3n) is 5.64. The average molecular weight is 503 g/mol. The maximum atomic E-state index is 13.5. The molecule has 1 atom stereocenters. The molecule has 0 aliphatic carbocycles. The van der Waals surface area contributed by atoms with Crippen LogP contribution in [0.2, 0.25) is 5.02 Å². The number of anilines is 2. The molecule has 9 heteroatoms. The number of carbonyl (C=O) groups excluding carboxylic acids is 1. The summed E-state index contributed by atoms with van der Waals surface area (Å²) in [5.74, 6) is 0.972. The van der Waals surface area contributed by atoms with Gasteiger partial charge >= 0.3 is 0 Å². The molecule has 0 bridgehead atoms. The van der Waals surface area contributed by atoms with Crippen molar-refractivity contribution in [2.75, 3.05) is 10.6 Å². The van der Waals surface area contributed by atoms with E-state index in [2.05, 4.69) is 20.6 Å². The quantitative estimate of drug-likeness (QED) is 0.321. The molecule has 4 aromatic rings. The number of thioether (sulfide) groups is 1. The summed E-state index contributed by atoms with van der Waals surface area (Å²) in [6.45, 7) is 3.86. The van der Waals surface area contributed by atoms with E-state index in [0.717, 1.165) is 16.8 Å². The Morgan fingerprint density at radius 1 is 1.11 bits per heavy atom. The van der Waals surface area contributed by atoms with Crippen LogP contribution >= 0.6 is 23.4 Å². The molecule has 0 saturated carbocycles. The third-order valence-corrected chi connectivity index (χ3v) is 6.89. The minimum Gasteiger partial charge on any atom is -0.328 e.